The monoisotopic (exact) mass is 251 g/mol. The number of sulfonamides is 1. The zero-order valence-corrected chi connectivity index (χ0v) is 10.6. The van der Waals surface area contributed by atoms with Crippen LogP contribution in [0.1, 0.15) is 19.8 Å². The summed E-state index contributed by atoms with van der Waals surface area (Å²) >= 11 is 0. The lowest BCUT2D eigenvalue weighted by Crippen LogP contribution is -2.36. The maximum Gasteiger partial charge on any atom is 0.222 e. The Morgan fingerprint density at radius 2 is 2.00 bits per heavy atom. The molecule has 0 saturated carbocycles. The van der Waals surface area contributed by atoms with Crippen molar-refractivity contribution >= 4 is 15.9 Å². The topological polar surface area (TPSA) is 101 Å². The van der Waals surface area contributed by atoms with Crippen LogP contribution in [-0.2, 0) is 14.8 Å². The first-order chi connectivity index (χ1) is 7.37. The fourth-order valence-electron chi connectivity index (χ4n) is 1.15. The smallest absolute Gasteiger partial charge is 0.222 e. The molecule has 6 nitrogen and oxygen atoms in total. The average Bonchev–Trinajstić information content (AvgIpc) is 2.19. The molecule has 0 aliphatic rings. The second-order valence-corrected chi connectivity index (χ2v) is 5.62. The van der Waals surface area contributed by atoms with Gasteiger partial charge in [0.05, 0.1) is 6.26 Å². The highest BCUT2D eigenvalue weighted by Gasteiger charge is 2.11. The van der Waals surface area contributed by atoms with Gasteiger partial charge in [0.1, 0.15) is 0 Å². The molecule has 96 valence electrons. The molecule has 1 unspecified atom stereocenters. The van der Waals surface area contributed by atoms with Crippen molar-refractivity contribution in [2.45, 2.75) is 19.8 Å². The minimum absolute atomic E-state index is 0.0660. The van der Waals surface area contributed by atoms with Crippen LogP contribution in [0.3, 0.4) is 0 Å². The SMILES string of the molecule is CC(CCCN)C(=O)NCCNS(C)(=O)=O. The zero-order chi connectivity index (χ0) is 12.6. The maximum absolute atomic E-state index is 11.4. The lowest BCUT2D eigenvalue weighted by molar-refractivity contribution is -0.124. The highest BCUT2D eigenvalue weighted by Crippen LogP contribution is 2.03. The van der Waals surface area contributed by atoms with Crippen molar-refractivity contribution in [2.75, 3.05) is 25.9 Å². The molecule has 0 spiro atoms. The molecule has 7 heteroatoms. The fourth-order valence-corrected chi connectivity index (χ4v) is 1.62. The highest BCUT2D eigenvalue weighted by molar-refractivity contribution is 7.88. The van der Waals surface area contributed by atoms with Gasteiger partial charge in [0.25, 0.3) is 0 Å². The van der Waals surface area contributed by atoms with E-state index >= 15 is 0 Å². The van der Waals surface area contributed by atoms with Crippen LogP contribution in [-0.4, -0.2) is 40.2 Å². The Hall–Kier alpha value is -0.660. The molecule has 1 atom stereocenters. The van der Waals surface area contributed by atoms with E-state index in [1.54, 1.807) is 0 Å². The molecule has 0 aliphatic carbocycles. The number of amides is 1. The molecule has 1 amide bonds. The summed E-state index contributed by atoms with van der Waals surface area (Å²) in [6, 6.07) is 0. The fraction of sp³-hybridized carbons (Fsp3) is 0.889. The van der Waals surface area contributed by atoms with Crippen LogP contribution in [0.2, 0.25) is 0 Å². The van der Waals surface area contributed by atoms with Crippen molar-refractivity contribution in [3.8, 4) is 0 Å². The lowest BCUT2D eigenvalue weighted by atomic mass is 10.1. The summed E-state index contributed by atoms with van der Waals surface area (Å²) in [4.78, 5) is 11.4. The van der Waals surface area contributed by atoms with Gasteiger partial charge in [-0.15, -0.1) is 0 Å². The Morgan fingerprint density at radius 1 is 1.38 bits per heavy atom. The van der Waals surface area contributed by atoms with Gasteiger partial charge in [0.15, 0.2) is 0 Å². The molecule has 0 aliphatic heterocycles. The number of nitrogens with two attached hydrogens (primary N) is 1. The summed E-state index contributed by atoms with van der Waals surface area (Å²) < 4.78 is 23.7. The summed E-state index contributed by atoms with van der Waals surface area (Å²) in [7, 11) is -3.17. The molecule has 0 rings (SSSR count). The first-order valence-corrected chi connectivity index (χ1v) is 7.18. The first-order valence-electron chi connectivity index (χ1n) is 5.29. The van der Waals surface area contributed by atoms with E-state index in [1.807, 2.05) is 6.92 Å². The Balaban J connectivity index is 3.65. The minimum Gasteiger partial charge on any atom is -0.355 e. The van der Waals surface area contributed by atoms with Gasteiger partial charge in [-0.1, -0.05) is 6.92 Å². The summed E-state index contributed by atoms with van der Waals surface area (Å²) in [5.41, 5.74) is 5.34. The third-order valence-corrected chi connectivity index (χ3v) is 2.81. The summed E-state index contributed by atoms with van der Waals surface area (Å²) in [5.74, 6) is -0.148. The molecule has 4 N–H and O–H groups in total. The number of hydrogen-bond donors (Lipinski definition) is 3. The van der Waals surface area contributed by atoms with Crippen molar-refractivity contribution in [1.82, 2.24) is 10.0 Å². The highest BCUT2D eigenvalue weighted by atomic mass is 32.2. The van der Waals surface area contributed by atoms with Crippen LogP contribution in [0.4, 0.5) is 0 Å². The molecule has 0 fully saturated rings. The van der Waals surface area contributed by atoms with Crippen LogP contribution in [0.15, 0.2) is 0 Å². The van der Waals surface area contributed by atoms with Gasteiger partial charge in [-0.05, 0) is 19.4 Å². The quantitative estimate of drug-likeness (QED) is 0.483. The van der Waals surface area contributed by atoms with Crippen molar-refractivity contribution in [1.29, 1.82) is 0 Å². The van der Waals surface area contributed by atoms with E-state index < -0.39 is 10.0 Å². The van der Waals surface area contributed by atoms with E-state index in [0.29, 0.717) is 13.1 Å². The molecular weight excluding hydrogens is 230 g/mol. The van der Waals surface area contributed by atoms with E-state index in [1.165, 1.54) is 0 Å². The van der Waals surface area contributed by atoms with Gasteiger partial charge in [-0.25, -0.2) is 13.1 Å². The van der Waals surface area contributed by atoms with Gasteiger partial charge in [-0.2, -0.15) is 0 Å². The van der Waals surface area contributed by atoms with Crippen molar-refractivity contribution in [3.63, 3.8) is 0 Å². The Labute approximate surface area is 97.0 Å². The van der Waals surface area contributed by atoms with Crippen LogP contribution in [0, 0.1) is 5.92 Å². The van der Waals surface area contributed by atoms with Crippen LogP contribution in [0.25, 0.3) is 0 Å². The minimum atomic E-state index is -3.17. The Bertz CT molecular complexity index is 303. The van der Waals surface area contributed by atoms with Gasteiger partial charge in [0, 0.05) is 19.0 Å². The molecule has 0 aromatic heterocycles. The molecule has 16 heavy (non-hydrogen) atoms. The predicted molar refractivity (Wildman–Crippen MR) is 63.3 cm³/mol. The van der Waals surface area contributed by atoms with Gasteiger partial charge in [-0.3, -0.25) is 4.79 Å². The third-order valence-electron chi connectivity index (χ3n) is 2.08. The first kappa shape index (κ1) is 15.3. The molecule has 0 aromatic rings. The normalized spacial score (nSPS) is 13.4. The Kier molecular flexibility index (Phi) is 7.27. The lowest BCUT2D eigenvalue weighted by Gasteiger charge is -2.11. The number of carbonyl (C=O) groups is 1. The average molecular weight is 251 g/mol. The van der Waals surface area contributed by atoms with Crippen LogP contribution >= 0.6 is 0 Å². The second kappa shape index (κ2) is 7.59. The van der Waals surface area contributed by atoms with Gasteiger partial charge < -0.3 is 11.1 Å². The van der Waals surface area contributed by atoms with Crippen LogP contribution in [0.5, 0.6) is 0 Å². The molecule has 0 saturated heterocycles. The van der Waals surface area contributed by atoms with E-state index in [-0.39, 0.29) is 18.4 Å². The standard InChI is InChI=1S/C9H21N3O3S/c1-8(4-3-5-10)9(13)11-6-7-12-16(2,14)15/h8,12H,3-7,10H2,1-2H3,(H,11,13). The number of rotatable bonds is 8. The van der Waals surface area contributed by atoms with Gasteiger partial charge >= 0.3 is 0 Å². The number of nitrogens with one attached hydrogen (secondary N) is 2. The van der Waals surface area contributed by atoms with Crippen molar-refractivity contribution < 1.29 is 13.2 Å². The molecule has 0 aromatic carbocycles. The summed E-state index contributed by atoms with van der Waals surface area (Å²) in [5, 5.41) is 2.66. The molecular formula is C9H21N3O3S. The van der Waals surface area contributed by atoms with E-state index in [0.717, 1.165) is 19.1 Å². The third kappa shape index (κ3) is 8.63. The molecule has 0 bridgehead atoms. The van der Waals surface area contributed by atoms with Crippen molar-refractivity contribution in [2.24, 2.45) is 11.7 Å². The van der Waals surface area contributed by atoms with E-state index in [4.69, 9.17) is 5.73 Å². The Morgan fingerprint density at radius 3 is 2.50 bits per heavy atom. The van der Waals surface area contributed by atoms with Crippen LogP contribution < -0.4 is 15.8 Å². The molecule has 0 radical (unpaired) electrons. The van der Waals surface area contributed by atoms with E-state index in [9.17, 15) is 13.2 Å². The van der Waals surface area contributed by atoms with Crippen molar-refractivity contribution in [3.05, 3.63) is 0 Å². The largest absolute Gasteiger partial charge is 0.355 e. The zero-order valence-electron chi connectivity index (χ0n) is 9.82. The second-order valence-electron chi connectivity index (χ2n) is 3.79. The van der Waals surface area contributed by atoms with Gasteiger partial charge in [0.2, 0.25) is 15.9 Å². The predicted octanol–water partition coefficient (Wildman–Crippen LogP) is -0.973. The number of hydrogen-bond acceptors (Lipinski definition) is 4. The molecule has 0 heterocycles. The summed E-state index contributed by atoms with van der Waals surface area (Å²) in [6.07, 6.45) is 2.65. The maximum atomic E-state index is 11.4. The summed E-state index contributed by atoms with van der Waals surface area (Å²) in [6.45, 7) is 2.93. The number of carbonyl (C=O) groups excluding carboxylic acids is 1. The van der Waals surface area contributed by atoms with E-state index in [2.05, 4.69) is 10.0 Å².